The van der Waals surface area contributed by atoms with Crippen LogP contribution < -0.4 is 5.32 Å². The molecule has 0 bridgehead atoms. The quantitative estimate of drug-likeness (QED) is 0.625. The van der Waals surface area contributed by atoms with Crippen molar-refractivity contribution in [2.24, 2.45) is 5.92 Å². The van der Waals surface area contributed by atoms with Crippen LogP contribution in [0.3, 0.4) is 0 Å². The Labute approximate surface area is 96.0 Å². The molecule has 1 rings (SSSR count). The zero-order valence-electron chi connectivity index (χ0n) is 10.9. The summed E-state index contributed by atoms with van der Waals surface area (Å²) in [7, 11) is 0. The Morgan fingerprint density at radius 2 is 1.80 bits per heavy atom. The summed E-state index contributed by atoms with van der Waals surface area (Å²) in [6.45, 7) is 7.01. The van der Waals surface area contributed by atoms with Crippen LogP contribution in [0, 0.1) is 5.92 Å². The Hall–Kier alpha value is -0.0400. The molecule has 1 nitrogen and oxygen atoms in total. The number of hydrogen-bond donors (Lipinski definition) is 1. The summed E-state index contributed by atoms with van der Waals surface area (Å²) in [6.07, 6.45) is 11.3. The molecule has 1 heteroatoms. The maximum Gasteiger partial charge on any atom is 0.00694 e. The van der Waals surface area contributed by atoms with Crippen LogP contribution in [0.2, 0.25) is 0 Å². The maximum absolute atomic E-state index is 3.78. The largest absolute Gasteiger partial charge is 0.312 e. The van der Waals surface area contributed by atoms with Crippen molar-refractivity contribution in [3.8, 4) is 0 Å². The fourth-order valence-electron chi connectivity index (χ4n) is 2.83. The average molecular weight is 211 g/mol. The van der Waals surface area contributed by atoms with Crippen LogP contribution in [0.1, 0.15) is 72.1 Å². The number of unbranched alkanes of at least 4 members (excludes halogenated alkanes) is 2. The van der Waals surface area contributed by atoms with Crippen molar-refractivity contribution in [3.05, 3.63) is 0 Å². The van der Waals surface area contributed by atoms with Crippen LogP contribution >= 0.6 is 0 Å². The first-order valence-corrected chi connectivity index (χ1v) is 7.00. The van der Waals surface area contributed by atoms with Crippen LogP contribution in [-0.4, -0.2) is 12.1 Å². The van der Waals surface area contributed by atoms with E-state index < -0.39 is 0 Å². The van der Waals surface area contributed by atoms with E-state index in [4.69, 9.17) is 0 Å². The van der Waals surface area contributed by atoms with Gasteiger partial charge in [-0.15, -0.1) is 0 Å². The average Bonchev–Trinajstić information content (AvgIpc) is 2.70. The van der Waals surface area contributed by atoms with Crippen LogP contribution in [0.15, 0.2) is 0 Å². The van der Waals surface area contributed by atoms with E-state index >= 15 is 0 Å². The maximum atomic E-state index is 3.78. The number of hydrogen-bond acceptors (Lipinski definition) is 1. The third-order valence-electron chi connectivity index (χ3n) is 3.90. The van der Waals surface area contributed by atoms with Gasteiger partial charge in [0.05, 0.1) is 0 Å². The van der Waals surface area contributed by atoms with Crippen molar-refractivity contribution in [2.45, 2.75) is 84.2 Å². The Morgan fingerprint density at radius 1 is 1.13 bits per heavy atom. The molecule has 1 aliphatic rings. The Balaban J connectivity index is 2.10. The molecular weight excluding hydrogens is 182 g/mol. The Bertz CT molecular complexity index is 149. The van der Waals surface area contributed by atoms with Gasteiger partial charge in [0.15, 0.2) is 0 Å². The first-order valence-electron chi connectivity index (χ1n) is 7.00. The molecule has 0 aliphatic heterocycles. The van der Waals surface area contributed by atoms with Gasteiger partial charge in [0.2, 0.25) is 0 Å². The zero-order chi connectivity index (χ0) is 11.1. The van der Waals surface area contributed by atoms with E-state index in [-0.39, 0.29) is 0 Å². The highest BCUT2D eigenvalue weighted by Gasteiger charge is 2.21. The molecule has 2 atom stereocenters. The molecule has 1 fully saturated rings. The van der Waals surface area contributed by atoms with Gasteiger partial charge in [0.1, 0.15) is 0 Å². The van der Waals surface area contributed by atoms with Crippen molar-refractivity contribution in [2.75, 3.05) is 0 Å². The summed E-state index contributed by atoms with van der Waals surface area (Å²) in [5.41, 5.74) is 0. The molecule has 0 saturated heterocycles. The van der Waals surface area contributed by atoms with Crippen LogP contribution in [0.5, 0.6) is 0 Å². The predicted octanol–water partition coefficient (Wildman–Crippen LogP) is 4.12. The van der Waals surface area contributed by atoms with E-state index in [1.807, 2.05) is 0 Å². The topological polar surface area (TPSA) is 12.0 Å². The van der Waals surface area contributed by atoms with Crippen molar-refractivity contribution < 1.29 is 0 Å². The second-order valence-electron chi connectivity index (χ2n) is 5.40. The normalized spacial score (nSPS) is 21.8. The third-order valence-corrected chi connectivity index (χ3v) is 3.90. The Morgan fingerprint density at radius 3 is 2.40 bits per heavy atom. The Kier molecular flexibility index (Phi) is 6.31. The van der Waals surface area contributed by atoms with Gasteiger partial charge in [-0.3, -0.25) is 0 Å². The van der Waals surface area contributed by atoms with Gasteiger partial charge in [-0.25, -0.2) is 0 Å². The van der Waals surface area contributed by atoms with Gasteiger partial charge in [-0.2, -0.15) is 0 Å². The smallest absolute Gasteiger partial charge is 0.00694 e. The molecule has 0 amide bonds. The zero-order valence-corrected chi connectivity index (χ0v) is 10.9. The van der Waals surface area contributed by atoms with Gasteiger partial charge < -0.3 is 5.32 Å². The number of rotatable bonds is 7. The van der Waals surface area contributed by atoms with Crippen LogP contribution in [-0.2, 0) is 0 Å². The lowest BCUT2D eigenvalue weighted by Gasteiger charge is -2.24. The molecule has 0 spiro atoms. The third kappa shape index (κ3) is 5.01. The lowest BCUT2D eigenvalue weighted by molar-refractivity contribution is 0.337. The fraction of sp³-hybridized carbons (Fsp3) is 1.00. The summed E-state index contributed by atoms with van der Waals surface area (Å²) in [6, 6.07) is 1.45. The number of nitrogens with one attached hydrogen (secondary N) is 1. The molecule has 0 aromatic carbocycles. The monoisotopic (exact) mass is 211 g/mol. The van der Waals surface area contributed by atoms with E-state index in [2.05, 4.69) is 26.1 Å². The SMILES string of the molecule is CCCCCC(C)NC(C)C1CCCC1. The van der Waals surface area contributed by atoms with Gasteiger partial charge in [0.25, 0.3) is 0 Å². The lowest BCUT2D eigenvalue weighted by Crippen LogP contribution is -2.38. The van der Waals surface area contributed by atoms with Crippen molar-refractivity contribution >= 4 is 0 Å². The summed E-state index contributed by atoms with van der Waals surface area (Å²) in [5.74, 6) is 0.957. The second-order valence-corrected chi connectivity index (χ2v) is 5.40. The van der Waals surface area contributed by atoms with Crippen molar-refractivity contribution in [1.82, 2.24) is 5.32 Å². The molecule has 15 heavy (non-hydrogen) atoms. The van der Waals surface area contributed by atoms with E-state index in [1.54, 1.807) is 0 Å². The highest BCUT2D eigenvalue weighted by Crippen LogP contribution is 2.27. The van der Waals surface area contributed by atoms with Gasteiger partial charge in [0, 0.05) is 12.1 Å². The van der Waals surface area contributed by atoms with E-state index in [0.29, 0.717) is 6.04 Å². The second kappa shape index (κ2) is 7.27. The van der Waals surface area contributed by atoms with Crippen molar-refractivity contribution in [1.29, 1.82) is 0 Å². The summed E-state index contributed by atoms with van der Waals surface area (Å²) < 4.78 is 0. The molecule has 0 radical (unpaired) electrons. The fourth-order valence-corrected chi connectivity index (χ4v) is 2.83. The molecule has 0 aromatic rings. The molecule has 2 unspecified atom stereocenters. The molecular formula is C14H29N. The molecule has 0 heterocycles. The van der Waals surface area contributed by atoms with E-state index in [0.717, 1.165) is 12.0 Å². The highest BCUT2D eigenvalue weighted by molar-refractivity contribution is 4.79. The summed E-state index contributed by atoms with van der Waals surface area (Å²) in [4.78, 5) is 0. The first kappa shape index (κ1) is 13.0. The molecule has 1 saturated carbocycles. The predicted molar refractivity (Wildman–Crippen MR) is 68.2 cm³/mol. The minimum Gasteiger partial charge on any atom is -0.312 e. The highest BCUT2D eigenvalue weighted by atomic mass is 14.9. The first-order chi connectivity index (χ1) is 7.24. The van der Waals surface area contributed by atoms with Gasteiger partial charge in [-0.05, 0) is 39.0 Å². The minimum atomic E-state index is 0.715. The van der Waals surface area contributed by atoms with Crippen LogP contribution in [0.25, 0.3) is 0 Å². The van der Waals surface area contributed by atoms with Gasteiger partial charge in [-0.1, -0.05) is 39.0 Å². The van der Waals surface area contributed by atoms with Crippen LogP contribution in [0.4, 0.5) is 0 Å². The molecule has 1 aliphatic carbocycles. The minimum absolute atomic E-state index is 0.715. The summed E-state index contributed by atoms with van der Waals surface area (Å²) >= 11 is 0. The molecule has 1 N–H and O–H groups in total. The lowest BCUT2D eigenvalue weighted by atomic mass is 9.98. The molecule has 0 aromatic heterocycles. The van der Waals surface area contributed by atoms with Gasteiger partial charge >= 0.3 is 0 Å². The standard InChI is InChI=1S/C14H29N/c1-4-5-6-9-12(2)15-13(3)14-10-7-8-11-14/h12-15H,4-11H2,1-3H3. The van der Waals surface area contributed by atoms with E-state index in [1.165, 1.54) is 51.4 Å². The molecule has 90 valence electrons. The van der Waals surface area contributed by atoms with Crippen molar-refractivity contribution in [3.63, 3.8) is 0 Å². The summed E-state index contributed by atoms with van der Waals surface area (Å²) in [5, 5.41) is 3.78. The van der Waals surface area contributed by atoms with E-state index in [9.17, 15) is 0 Å².